The zero-order valence-electron chi connectivity index (χ0n) is 19.1. The number of nitrogens with zero attached hydrogens (tertiary/aromatic N) is 2. The van der Waals surface area contributed by atoms with Crippen LogP contribution >= 0.6 is 0 Å². The van der Waals surface area contributed by atoms with Crippen LogP contribution in [0, 0.1) is 5.41 Å². The second-order valence-corrected chi connectivity index (χ2v) is 8.97. The summed E-state index contributed by atoms with van der Waals surface area (Å²) >= 11 is 0. The smallest absolute Gasteiger partial charge is 0.269 e. The predicted molar refractivity (Wildman–Crippen MR) is 127 cm³/mol. The van der Waals surface area contributed by atoms with Gasteiger partial charge in [-0.1, -0.05) is 57.2 Å². The second kappa shape index (κ2) is 9.22. The molecule has 0 aliphatic carbocycles. The SMILES string of the molecule is CC(C)N(NC(=O)c1ccccc1)C(=O)C=Cc1cn(C(=O)C(C)(C)C)c2ccccc12. The first-order chi connectivity index (χ1) is 15.1. The van der Waals surface area contributed by atoms with Gasteiger partial charge in [-0.25, -0.2) is 5.01 Å². The number of fused-ring (bicyclic) bond motifs is 1. The quantitative estimate of drug-likeness (QED) is 0.471. The van der Waals surface area contributed by atoms with Crippen molar-refractivity contribution in [2.75, 3.05) is 0 Å². The van der Waals surface area contributed by atoms with E-state index in [-0.39, 0.29) is 23.8 Å². The lowest BCUT2D eigenvalue weighted by atomic mass is 9.95. The number of hydrogen-bond acceptors (Lipinski definition) is 3. The summed E-state index contributed by atoms with van der Waals surface area (Å²) in [5, 5.41) is 2.17. The molecule has 0 atom stereocenters. The summed E-state index contributed by atoms with van der Waals surface area (Å²) in [4.78, 5) is 38.3. The largest absolute Gasteiger partial charge is 0.286 e. The van der Waals surface area contributed by atoms with Gasteiger partial charge in [0.05, 0.1) is 5.52 Å². The molecule has 3 rings (SSSR count). The van der Waals surface area contributed by atoms with E-state index in [0.29, 0.717) is 5.56 Å². The standard InChI is InChI=1S/C26H29N3O3/c1-18(2)29(27-24(31)19-11-7-6-8-12-19)23(30)16-15-20-17-28(25(32)26(3,4)5)22-14-10-9-13-21(20)22/h6-18H,1-5H3,(H,27,31). The lowest BCUT2D eigenvalue weighted by Crippen LogP contribution is -2.49. The van der Waals surface area contributed by atoms with Crippen LogP contribution in [-0.4, -0.2) is 33.3 Å². The number of hydrogen-bond donors (Lipinski definition) is 1. The van der Waals surface area contributed by atoms with Crippen molar-refractivity contribution >= 4 is 34.7 Å². The highest BCUT2D eigenvalue weighted by Gasteiger charge is 2.25. The van der Waals surface area contributed by atoms with Gasteiger partial charge in [-0.2, -0.15) is 0 Å². The number of hydrazine groups is 1. The summed E-state index contributed by atoms with van der Waals surface area (Å²) in [6.07, 6.45) is 4.85. The van der Waals surface area contributed by atoms with Crippen molar-refractivity contribution < 1.29 is 14.4 Å². The minimum absolute atomic E-state index is 0.0291. The summed E-state index contributed by atoms with van der Waals surface area (Å²) < 4.78 is 1.64. The van der Waals surface area contributed by atoms with E-state index in [9.17, 15) is 14.4 Å². The van der Waals surface area contributed by atoms with Gasteiger partial charge in [0.1, 0.15) is 0 Å². The van der Waals surface area contributed by atoms with Crippen LogP contribution in [0.2, 0.25) is 0 Å². The zero-order valence-corrected chi connectivity index (χ0v) is 19.1. The maximum atomic E-state index is 12.9. The molecule has 0 unspecified atom stereocenters. The van der Waals surface area contributed by atoms with Gasteiger partial charge in [0, 0.05) is 40.2 Å². The van der Waals surface area contributed by atoms with Gasteiger partial charge < -0.3 is 0 Å². The first-order valence-electron chi connectivity index (χ1n) is 10.6. The molecule has 6 heteroatoms. The summed E-state index contributed by atoms with van der Waals surface area (Å²) in [7, 11) is 0. The van der Waals surface area contributed by atoms with Crippen molar-refractivity contribution in [3.63, 3.8) is 0 Å². The highest BCUT2D eigenvalue weighted by atomic mass is 16.2. The second-order valence-electron chi connectivity index (χ2n) is 8.97. The molecule has 0 aliphatic heterocycles. The summed E-state index contributed by atoms with van der Waals surface area (Å²) in [6, 6.07) is 16.1. The highest BCUT2D eigenvalue weighted by Crippen LogP contribution is 2.26. The van der Waals surface area contributed by atoms with E-state index in [4.69, 9.17) is 0 Å². The molecule has 2 amide bonds. The maximum absolute atomic E-state index is 12.9. The molecule has 0 saturated carbocycles. The molecule has 0 fully saturated rings. The molecule has 166 valence electrons. The molecule has 1 N–H and O–H groups in total. The van der Waals surface area contributed by atoms with Crippen LogP contribution in [0.4, 0.5) is 0 Å². The summed E-state index contributed by atoms with van der Waals surface area (Å²) in [5.41, 5.74) is 4.15. The zero-order chi connectivity index (χ0) is 23.5. The summed E-state index contributed by atoms with van der Waals surface area (Å²) in [6.45, 7) is 9.27. The number of carbonyl (C=O) groups excluding carboxylic acids is 3. The lowest BCUT2D eigenvalue weighted by molar-refractivity contribution is -0.130. The van der Waals surface area contributed by atoms with Gasteiger partial charge in [-0.15, -0.1) is 0 Å². The molecule has 0 saturated heterocycles. The average molecular weight is 432 g/mol. The minimum Gasteiger partial charge on any atom is -0.286 e. The van der Waals surface area contributed by atoms with Crippen molar-refractivity contribution in [2.45, 2.75) is 40.7 Å². The van der Waals surface area contributed by atoms with Crippen LogP contribution in [-0.2, 0) is 4.79 Å². The number of carbonyl (C=O) groups is 3. The Labute approximate surface area is 188 Å². The fourth-order valence-corrected chi connectivity index (χ4v) is 3.31. The molecule has 3 aromatic rings. The Kier molecular flexibility index (Phi) is 6.63. The van der Waals surface area contributed by atoms with Gasteiger partial charge in [0.2, 0.25) is 5.91 Å². The molecule has 1 aromatic heterocycles. The first-order valence-corrected chi connectivity index (χ1v) is 10.6. The van der Waals surface area contributed by atoms with Gasteiger partial charge in [-0.3, -0.25) is 24.4 Å². The maximum Gasteiger partial charge on any atom is 0.269 e. The number of aromatic nitrogens is 1. The van der Waals surface area contributed by atoms with Crippen molar-refractivity contribution in [2.24, 2.45) is 5.41 Å². The predicted octanol–water partition coefficient (Wildman–Crippen LogP) is 4.92. The number of rotatable bonds is 4. The Morgan fingerprint density at radius 2 is 1.59 bits per heavy atom. The highest BCUT2D eigenvalue weighted by molar-refractivity contribution is 6.02. The van der Waals surface area contributed by atoms with Crippen molar-refractivity contribution in [1.29, 1.82) is 0 Å². The Hall–Kier alpha value is -3.67. The van der Waals surface area contributed by atoms with Gasteiger partial charge in [0.15, 0.2) is 0 Å². The van der Waals surface area contributed by atoms with Gasteiger partial charge in [-0.05, 0) is 38.1 Å². The van der Waals surface area contributed by atoms with Crippen molar-refractivity contribution in [1.82, 2.24) is 15.0 Å². The molecular weight excluding hydrogens is 402 g/mol. The topological polar surface area (TPSA) is 71.4 Å². The molecule has 32 heavy (non-hydrogen) atoms. The van der Waals surface area contributed by atoms with Crippen molar-refractivity contribution in [3.05, 3.63) is 78.0 Å². The average Bonchev–Trinajstić information content (AvgIpc) is 3.13. The number of amides is 2. The molecule has 1 heterocycles. The molecule has 0 spiro atoms. The Morgan fingerprint density at radius 1 is 0.969 bits per heavy atom. The summed E-state index contributed by atoms with van der Waals surface area (Å²) in [5.74, 6) is -0.740. The number of para-hydroxylation sites is 1. The Bertz CT molecular complexity index is 1170. The van der Waals surface area contributed by atoms with E-state index in [1.807, 2.05) is 65.0 Å². The third-order valence-corrected chi connectivity index (χ3v) is 5.02. The fraction of sp³-hybridized carbons (Fsp3) is 0.269. The molecule has 0 bridgehead atoms. The number of benzene rings is 2. The first kappa shape index (κ1) is 23.0. The van der Waals surface area contributed by atoms with Crippen LogP contribution in [0.1, 0.15) is 55.3 Å². The van der Waals surface area contributed by atoms with Crippen molar-refractivity contribution in [3.8, 4) is 0 Å². The van der Waals surface area contributed by atoms with E-state index in [1.165, 1.54) is 11.1 Å². The molecular formula is C26H29N3O3. The van der Waals surface area contributed by atoms with Crippen LogP contribution in [0.3, 0.4) is 0 Å². The van der Waals surface area contributed by atoms with E-state index >= 15 is 0 Å². The van der Waals surface area contributed by atoms with E-state index in [2.05, 4.69) is 5.43 Å². The van der Waals surface area contributed by atoms with Crippen LogP contribution in [0.5, 0.6) is 0 Å². The van der Waals surface area contributed by atoms with Crippen LogP contribution in [0.25, 0.3) is 17.0 Å². The Balaban J connectivity index is 1.88. The molecule has 6 nitrogen and oxygen atoms in total. The normalized spacial score (nSPS) is 11.8. The van der Waals surface area contributed by atoms with Crippen LogP contribution in [0.15, 0.2) is 66.9 Å². The van der Waals surface area contributed by atoms with E-state index < -0.39 is 5.41 Å². The Morgan fingerprint density at radius 3 is 2.22 bits per heavy atom. The monoisotopic (exact) mass is 431 g/mol. The van der Waals surface area contributed by atoms with E-state index in [0.717, 1.165) is 16.5 Å². The fourth-order valence-electron chi connectivity index (χ4n) is 3.31. The lowest BCUT2D eigenvalue weighted by Gasteiger charge is -2.25. The number of nitrogens with one attached hydrogen (secondary N) is 1. The molecule has 2 aromatic carbocycles. The van der Waals surface area contributed by atoms with Gasteiger partial charge in [0.25, 0.3) is 11.8 Å². The third kappa shape index (κ3) is 4.97. The third-order valence-electron chi connectivity index (χ3n) is 5.02. The van der Waals surface area contributed by atoms with E-state index in [1.54, 1.807) is 41.1 Å². The molecule has 0 aliphatic rings. The minimum atomic E-state index is -0.547. The van der Waals surface area contributed by atoms with Crippen LogP contribution < -0.4 is 5.43 Å². The van der Waals surface area contributed by atoms with Gasteiger partial charge >= 0.3 is 0 Å². The molecule has 0 radical (unpaired) electrons.